The molecular weight excluding hydrogens is 280 g/mol. The quantitative estimate of drug-likeness (QED) is 0.820. The molecule has 0 bridgehead atoms. The Hall–Kier alpha value is -2.63. The van der Waals surface area contributed by atoms with Crippen molar-refractivity contribution >= 4 is 11.7 Å². The Labute approximate surface area is 129 Å². The molecule has 2 aromatic rings. The summed E-state index contributed by atoms with van der Waals surface area (Å²) < 4.78 is 5.11. The minimum atomic E-state index is -0.198. The van der Waals surface area contributed by atoms with Crippen molar-refractivity contribution in [2.45, 2.75) is 19.9 Å². The maximum absolute atomic E-state index is 11.7. The van der Waals surface area contributed by atoms with E-state index < -0.39 is 0 Å². The van der Waals surface area contributed by atoms with Crippen LogP contribution < -0.4 is 15.4 Å². The van der Waals surface area contributed by atoms with Crippen LogP contribution in [-0.2, 0) is 6.54 Å². The fourth-order valence-electron chi connectivity index (χ4n) is 1.80. The highest BCUT2D eigenvalue weighted by atomic mass is 16.5. The van der Waals surface area contributed by atoms with Crippen LogP contribution in [0.5, 0.6) is 5.75 Å². The molecule has 6 heteroatoms. The molecule has 0 unspecified atom stereocenters. The minimum Gasteiger partial charge on any atom is -0.497 e. The third kappa shape index (κ3) is 4.44. The lowest BCUT2D eigenvalue weighted by atomic mass is 10.2. The summed E-state index contributed by atoms with van der Waals surface area (Å²) in [6.45, 7) is 3.26. The summed E-state index contributed by atoms with van der Waals surface area (Å²) in [5.74, 6) is 1.25. The topological polar surface area (TPSA) is 76.1 Å². The van der Waals surface area contributed by atoms with E-state index >= 15 is 0 Å². The number of benzene rings is 1. The van der Waals surface area contributed by atoms with E-state index in [1.807, 2.05) is 31.2 Å². The van der Waals surface area contributed by atoms with Gasteiger partial charge in [-0.05, 0) is 24.1 Å². The first-order chi connectivity index (χ1) is 10.7. The number of ether oxygens (including phenoxy) is 1. The zero-order valence-corrected chi connectivity index (χ0v) is 12.8. The summed E-state index contributed by atoms with van der Waals surface area (Å²) in [7, 11) is 1.64. The number of carbonyl (C=O) groups is 1. The molecule has 1 heterocycles. The van der Waals surface area contributed by atoms with Crippen molar-refractivity contribution in [3.8, 4) is 5.75 Å². The van der Waals surface area contributed by atoms with Gasteiger partial charge in [0.2, 0.25) is 0 Å². The largest absolute Gasteiger partial charge is 0.497 e. The van der Waals surface area contributed by atoms with Gasteiger partial charge in [0.1, 0.15) is 17.3 Å². The Balaban J connectivity index is 1.89. The van der Waals surface area contributed by atoms with Crippen LogP contribution in [0.3, 0.4) is 0 Å². The molecule has 0 fully saturated rings. The number of rotatable bonds is 7. The average molecular weight is 300 g/mol. The van der Waals surface area contributed by atoms with Crippen molar-refractivity contribution in [1.82, 2.24) is 15.3 Å². The van der Waals surface area contributed by atoms with Crippen LogP contribution in [0.15, 0.2) is 36.7 Å². The van der Waals surface area contributed by atoms with Gasteiger partial charge in [0, 0.05) is 13.1 Å². The number of nitrogens with one attached hydrogen (secondary N) is 2. The van der Waals surface area contributed by atoms with E-state index in [0.29, 0.717) is 24.6 Å². The van der Waals surface area contributed by atoms with Gasteiger partial charge in [0.15, 0.2) is 0 Å². The normalized spacial score (nSPS) is 10.1. The Morgan fingerprint density at radius 2 is 1.95 bits per heavy atom. The summed E-state index contributed by atoms with van der Waals surface area (Å²) in [6.07, 6.45) is 3.92. The number of aromatic nitrogens is 2. The second kappa shape index (κ2) is 7.97. The van der Waals surface area contributed by atoms with Crippen LogP contribution >= 0.6 is 0 Å². The fraction of sp³-hybridized carbons (Fsp3) is 0.312. The van der Waals surface area contributed by atoms with Gasteiger partial charge in [-0.25, -0.2) is 9.97 Å². The van der Waals surface area contributed by atoms with Gasteiger partial charge in [-0.15, -0.1) is 0 Å². The van der Waals surface area contributed by atoms with E-state index in [1.54, 1.807) is 13.3 Å². The van der Waals surface area contributed by atoms with Crippen LogP contribution in [0, 0.1) is 0 Å². The van der Waals surface area contributed by atoms with Gasteiger partial charge in [0.25, 0.3) is 5.91 Å². The maximum atomic E-state index is 11.7. The molecule has 116 valence electrons. The summed E-state index contributed by atoms with van der Waals surface area (Å²) in [6, 6.07) is 7.77. The number of hydrogen-bond donors (Lipinski definition) is 2. The van der Waals surface area contributed by atoms with Crippen molar-refractivity contribution in [1.29, 1.82) is 0 Å². The number of nitrogens with zero attached hydrogens (tertiary/aromatic N) is 2. The monoisotopic (exact) mass is 300 g/mol. The molecule has 0 saturated heterocycles. The van der Waals surface area contributed by atoms with Crippen molar-refractivity contribution in [3.63, 3.8) is 0 Å². The average Bonchev–Trinajstić information content (AvgIpc) is 2.58. The summed E-state index contributed by atoms with van der Waals surface area (Å²) in [4.78, 5) is 20.0. The zero-order valence-electron chi connectivity index (χ0n) is 12.8. The molecule has 0 aliphatic heterocycles. The highest BCUT2D eigenvalue weighted by Gasteiger charge is 2.06. The van der Waals surface area contributed by atoms with Crippen LogP contribution in [0.1, 0.15) is 29.4 Å². The molecule has 0 aliphatic carbocycles. The Bertz CT molecular complexity index is 597. The third-order valence-corrected chi connectivity index (χ3v) is 3.05. The molecule has 0 saturated carbocycles. The number of methoxy groups -OCH3 is 1. The summed E-state index contributed by atoms with van der Waals surface area (Å²) in [5, 5.41) is 5.92. The first-order valence-corrected chi connectivity index (χ1v) is 7.20. The minimum absolute atomic E-state index is 0.198. The molecule has 0 radical (unpaired) electrons. The van der Waals surface area contributed by atoms with Crippen LogP contribution in [0.25, 0.3) is 0 Å². The molecule has 2 rings (SSSR count). The number of amides is 1. The van der Waals surface area contributed by atoms with Crippen LogP contribution in [0.4, 0.5) is 5.82 Å². The molecule has 0 aliphatic rings. The highest BCUT2D eigenvalue weighted by Crippen LogP contribution is 2.12. The molecule has 2 N–H and O–H groups in total. The zero-order chi connectivity index (χ0) is 15.8. The molecule has 1 aromatic carbocycles. The van der Waals surface area contributed by atoms with E-state index in [1.165, 1.54) is 6.20 Å². The molecule has 6 nitrogen and oxygen atoms in total. The van der Waals surface area contributed by atoms with Gasteiger partial charge in [0.05, 0.1) is 19.5 Å². The van der Waals surface area contributed by atoms with E-state index in [2.05, 4.69) is 20.6 Å². The summed E-state index contributed by atoms with van der Waals surface area (Å²) in [5.41, 5.74) is 1.43. The van der Waals surface area contributed by atoms with E-state index in [0.717, 1.165) is 17.7 Å². The molecule has 22 heavy (non-hydrogen) atoms. The predicted octanol–water partition coefficient (Wildman–Crippen LogP) is 2.24. The van der Waals surface area contributed by atoms with E-state index in [9.17, 15) is 4.79 Å². The van der Waals surface area contributed by atoms with Gasteiger partial charge < -0.3 is 15.4 Å². The maximum Gasteiger partial charge on any atom is 0.271 e. The molecule has 0 spiro atoms. The van der Waals surface area contributed by atoms with Crippen LogP contribution in [0.2, 0.25) is 0 Å². The van der Waals surface area contributed by atoms with Crippen molar-refractivity contribution in [3.05, 3.63) is 47.9 Å². The van der Waals surface area contributed by atoms with Crippen molar-refractivity contribution in [2.75, 3.05) is 19.0 Å². The lowest BCUT2D eigenvalue weighted by Gasteiger charge is -2.07. The first kappa shape index (κ1) is 15.8. The summed E-state index contributed by atoms with van der Waals surface area (Å²) >= 11 is 0. The molecule has 1 amide bonds. The lowest BCUT2D eigenvalue weighted by Crippen LogP contribution is -2.25. The molecular formula is C16H20N4O2. The molecule has 0 atom stereocenters. The van der Waals surface area contributed by atoms with Gasteiger partial charge in [-0.2, -0.15) is 0 Å². The highest BCUT2D eigenvalue weighted by molar-refractivity contribution is 5.91. The Kier molecular flexibility index (Phi) is 5.71. The molecule has 1 aromatic heterocycles. The Morgan fingerprint density at radius 1 is 1.18 bits per heavy atom. The van der Waals surface area contributed by atoms with E-state index in [4.69, 9.17) is 4.74 Å². The van der Waals surface area contributed by atoms with E-state index in [-0.39, 0.29) is 5.91 Å². The second-order valence-electron chi connectivity index (χ2n) is 4.74. The number of anilines is 1. The number of carbonyl (C=O) groups excluding carboxylic acids is 1. The first-order valence-electron chi connectivity index (χ1n) is 7.20. The van der Waals surface area contributed by atoms with Gasteiger partial charge in [-0.1, -0.05) is 19.1 Å². The number of hydrogen-bond acceptors (Lipinski definition) is 5. The fourth-order valence-corrected chi connectivity index (χ4v) is 1.80. The van der Waals surface area contributed by atoms with Gasteiger partial charge in [-0.3, -0.25) is 4.79 Å². The second-order valence-corrected chi connectivity index (χ2v) is 4.74. The van der Waals surface area contributed by atoms with Crippen LogP contribution in [-0.4, -0.2) is 29.5 Å². The predicted molar refractivity (Wildman–Crippen MR) is 85.0 cm³/mol. The van der Waals surface area contributed by atoms with Gasteiger partial charge >= 0.3 is 0 Å². The third-order valence-electron chi connectivity index (χ3n) is 3.05. The standard InChI is InChI=1S/C16H20N4O2/c1-3-8-17-16(21)14-10-20-15(11-18-14)19-9-12-4-6-13(22-2)7-5-12/h4-7,10-11H,3,8-9H2,1-2H3,(H,17,21)(H,19,20). The Morgan fingerprint density at radius 3 is 2.55 bits per heavy atom. The lowest BCUT2D eigenvalue weighted by molar-refractivity contribution is 0.0948. The van der Waals surface area contributed by atoms with Crippen molar-refractivity contribution in [2.24, 2.45) is 0 Å². The smallest absolute Gasteiger partial charge is 0.271 e. The van der Waals surface area contributed by atoms with Crippen molar-refractivity contribution < 1.29 is 9.53 Å². The SMILES string of the molecule is CCCNC(=O)c1cnc(NCc2ccc(OC)cc2)cn1.